The number of esters is 1. The number of carbonyl (C=O) groups is 2. The van der Waals surface area contributed by atoms with Crippen molar-refractivity contribution in [2.24, 2.45) is 0 Å². The lowest BCUT2D eigenvalue weighted by Gasteiger charge is -2.18. The van der Waals surface area contributed by atoms with Gasteiger partial charge >= 0.3 is 5.97 Å². The molecule has 144 valence electrons. The molecule has 0 saturated carbocycles. The van der Waals surface area contributed by atoms with Crippen LogP contribution in [0, 0.1) is 6.92 Å². The maximum absolute atomic E-state index is 12.8. The van der Waals surface area contributed by atoms with E-state index in [1.54, 1.807) is 35.0 Å². The van der Waals surface area contributed by atoms with Gasteiger partial charge in [0.25, 0.3) is 5.91 Å². The molecule has 1 N–H and O–H groups in total. The SMILES string of the molecule is COC(=O)CC(NC(=O)c1cc(C)n(-c2ccccc2)n1)c1ccccc1Cl. The number of methoxy groups -OCH3 is 1. The topological polar surface area (TPSA) is 73.2 Å². The van der Waals surface area contributed by atoms with Crippen molar-refractivity contribution in [2.45, 2.75) is 19.4 Å². The summed E-state index contributed by atoms with van der Waals surface area (Å²) in [6, 6.07) is 17.7. The Balaban J connectivity index is 1.86. The summed E-state index contributed by atoms with van der Waals surface area (Å²) in [7, 11) is 1.30. The van der Waals surface area contributed by atoms with E-state index in [-0.39, 0.29) is 12.1 Å². The van der Waals surface area contributed by atoms with Crippen LogP contribution in [-0.4, -0.2) is 28.8 Å². The van der Waals surface area contributed by atoms with Crippen LogP contribution in [0.25, 0.3) is 5.69 Å². The van der Waals surface area contributed by atoms with Crippen LogP contribution in [0.2, 0.25) is 5.02 Å². The Morgan fingerprint density at radius 2 is 1.82 bits per heavy atom. The molecule has 0 aliphatic heterocycles. The first-order chi connectivity index (χ1) is 13.5. The lowest BCUT2D eigenvalue weighted by Crippen LogP contribution is -2.31. The molecule has 0 saturated heterocycles. The number of ether oxygens (including phenoxy) is 1. The standard InChI is InChI=1S/C21H20ClN3O3/c1-14-12-19(24-25(14)15-8-4-3-5-9-15)21(27)23-18(13-20(26)28-2)16-10-6-7-11-17(16)22/h3-12,18H,13H2,1-2H3,(H,23,27). The highest BCUT2D eigenvalue weighted by atomic mass is 35.5. The van der Waals surface area contributed by atoms with Gasteiger partial charge in [-0.25, -0.2) is 4.68 Å². The van der Waals surface area contributed by atoms with Crippen LogP contribution >= 0.6 is 11.6 Å². The van der Waals surface area contributed by atoms with E-state index < -0.39 is 17.9 Å². The largest absolute Gasteiger partial charge is 0.469 e. The molecule has 3 aromatic rings. The second-order valence-corrected chi connectivity index (χ2v) is 6.65. The smallest absolute Gasteiger partial charge is 0.307 e. The van der Waals surface area contributed by atoms with E-state index in [0.29, 0.717) is 10.6 Å². The predicted octanol–water partition coefficient (Wildman–Crippen LogP) is 3.87. The number of aryl methyl sites for hydroxylation is 1. The van der Waals surface area contributed by atoms with Crippen LogP contribution in [0.4, 0.5) is 0 Å². The molecule has 0 spiro atoms. The minimum absolute atomic E-state index is 0.0374. The zero-order valence-corrected chi connectivity index (χ0v) is 16.3. The van der Waals surface area contributed by atoms with Gasteiger partial charge in [0.2, 0.25) is 0 Å². The first-order valence-electron chi connectivity index (χ1n) is 8.73. The summed E-state index contributed by atoms with van der Waals surface area (Å²) >= 11 is 6.26. The fourth-order valence-electron chi connectivity index (χ4n) is 2.89. The van der Waals surface area contributed by atoms with Crippen molar-refractivity contribution in [1.82, 2.24) is 15.1 Å². The fraction of sp³-hybridized carbons (Fsp3) is 0.190. The van der Waals surface area contributed by atoms with Gasteiger partial charge in [0.1, 0.15) is 0 Å². The Morgan fingerprint density at radius 1 is 1.14 bits per heavy atom. The summed E-state index contributed by atoms with van der Waals surface area (Å²) in [5, 5.41) is 7.71. The molecular weight excluding hydrogens is 378 g/mol. The summed E-state index contributed by atoms with van der Waals surface area (Å²) in [5.41, 5.74) is 2.57. The summed E-state index contributed by atoms with van der Waals surface area (Å²) in [4.78, 5) is 24.7. The van der Waals surface area contributed by atoms with Crippen LogP contribution < -0.4 is 5.32 Å². The lowest BCUT2D eigenvalue weighted by atomic mass is 10.0. The molecule has 0 aliphatic carbocycles. The molecule has 0 bridgehead atoms. The zero-order chi connectivity index (χ0) is 20.1. The third-order valence-corrected chi connectivity index (χ3v) is 4.65. The Hall–Kier alpha value is -3.12. The van der Waals surface area contributed by atoms with Crippen molar-refractivity contribution in [3.05, 3.63) is 82.6 Å². The minimum atomic E-state index is -0.629. The Bertz CT molecular complexity index is 986. The average molecular weight is 398 g/mol. The molecule has 1 aromatic heterocycles. The molecule has 1 amide bonds. The van der Waals surface area contributed by atoms with Crippen LogP contribution in [-0.2, 0) is 9.53 Å². The fourth-order valence-corrected chi connectivity index (χ4v) is 3.16. The number of nitrogens with zero attached hydrogens (tertiary/aromatic N) is 2. The highest BCUT2D eigenvalue weighted by Gasteiger charge is 2.23. The summed E-state index contributed by atoms with van der Waals surface area (Å²) in [6.45, 7) is 1.87. The number of amides is 1. The molecule has 0 fully saturated rings. The van der Waals surface area contributed by atoms with E-state index >= 15 is 0 Å². The predicted molar refractivity (Wildman–Crippen MR) is 107 cm³/mol. The third-order valence-electron chi connectivity index (χ3n) is 4.31. The van der Waals surface area contributed by atoms with Crippen molar-refractivity contribution >= 4 is 23.5 Å². The second kappa shape index (κ2) is 8.71. The van der Waals surface area contributed by atoms with Crippen LogP contribution in [0.15, 0.2) is 60.7 Å². The van der Waals surface area contributed by atoms with Crippen LogP contribution in [0.3, 0.4) is 0 Å². The number of rotatable bonds is 6. The molecular formula is C21H20ClN3O3. The maximum atomic E-state index is 12.8. The van der Waals surface area contributed by atoms with Crippen molar-refractivity contribution in [2.75, 3.05) is 7.11 Å². The van der Waals surface area contributed by atoms with Gasteiger partial charge in [-0.05, 0) is 36.8 Å². The summed E-state index contributed by atoms with van der Waals surface area (Å²) in [6.07, 6.45) is -0.0374. The van der Waals surface area contributed by atoms with E-state index in [2.05, 4.69) is 10.4 Å². The highest BCUT2D eigenvalue weighted by molar-refractivity contribution is 6.31. The van der Waals surface area contributed by atoms with Crippen molar-refractivity contribution in [3.8, 4) is 5.69 Å². The molecule has 1 atom stereocenters. The third kappa shape index (κ3) is 4.40. The normalized spacial score (nSPS) is 11.7. The van der Waals surface area contributed by atoms with Crippen LogP contribution in [0.1, 0.15) is 34.2 Å². The molecule has 7 heteroatoms. The lowest BCUT2D eigenvalue weighted by molar-refractivity contribution is -0.141. The molecule has 2 aromatic carbocycles. The number of hydrogen-bond donors (Lipinski definition) is 1. The first-order valence-corrected chi connectivity index (χ1v) is 9.11. The Morgan fingerprint density at radius 3 is 2.50 bits per heavy atom. The van der Waals surface area contributed by atoms with Gasteiger partial charge in [-0.1, -0.05) is 48.0 Å². The average Bonchev–Trinajstić information content (AvgIpc) is 3.10. The van der Waals surface area contributed by atoms with Gasteiger partial charge < -0.3 is 10.1 Å². The van der Waals surface area contributed by atoms with E-state index in [4.69, 9.17) is 16.3 Å². The van der Waals surface area contributed by atoms with E-state index in [1.165, 1.54) is 7.11 Å². The van der Waals surface area contributed by atoms with Gasteiger partial charge in [-0.3, -0.25) is 9.59 Å². The quantitative estimate of drug-likeness (QED) is 0.641. The monoisotopic (exact) mass is 397 g/mol. The van der Waals surface area contributed by atoms with Crippen LogP contribution in [0.5, 0.6) is 0 Å². The molecule has 1 unspecified atom stereocenters. The number of para-hydroxylation sites is 1. The van der Waals surface area contributed by atoms with Crippen molar-refractivity contribution in [1.29, 1.82) is 0 Å². The van der Waals surface area contributed by atoms with Gasteiger partial charge in [0, 0.05) is 10.7 Å². The summed E-state index contributed by atoms with van der Waals surface area (Å²) < 4.78 is 6.45. The maximum Gasteiger partial charge on any atom is 0.307 e. The first kappa shape index (κ1) is 19.6. The van der Waals surface area contributed by atoms with Gasteiger partial charge in [0.15, 0.2) is 5.69 Å². The Labute approximate surface area is 168 Å². The van der Waals surface area contributed by atoms with E-state index in [0.717, 1.165) is 11.4 Å². The Kier molecular flexibility index (Phi) is 6.11. The minimum Gasteiger partial charge on any atom is -0.469 e. The van der Waals surface area contributed by atoms with Gasteiger partial charge in [0.05, 0.1) is 25.3 Å². The molecule has 1 heterocycles. The second-order valence-electron chi connectivity index (χ2n) is 6.25. The van der Waals surface area contributed by atoms with E-state index in [9.17, 15) is 9.59 Å². The molecule has 28 heavy (non-hydrogen) atoms. The highest BCUT2D eigenvalue weighted by Crippen LogP contribution is 2.26. The number of hydrogen-bond acceptors (Lipinski definition) is 4. The number of halogens is 1. The molecule has 0 radical (unpaired) electrons. The van der Waals surface area contributed by atoms with Crippen molar-refractivity contribution in [3.63, 3.8) is 0 Å². The van der Waals surface area contributed by atoms with Crippen molar-refractivity contribution < 1.29 is 14.3 Å². The zero-order valence-electron chi connectivity index (χ0n) is 15.6. The number of carbonyl (C=O) groups excluding carboxylic acids is 2. The molecule has 3 rings (SSSR count). The summed E-state index contributed by atoms with van der Waals surface area (Å²) in [5.74, 6) is -0.845. The number of nitrogens with one attached hydrogen (secondary N) is 1. The van der Waals surface area contributed by atoms with E-state index in [1.807, 2.05) is 37.3 Å². The van der Waals surface area contributed by atoms with Gasteiger partial charge in [-0.15, -0.1) is 0 Å². The van der Waals surface area contributed by atoms with Gasteiger partial charge in [-0.2, -0.15) is 5.10 Å². The number of benzene rings is 2. The molecule has 0 aliphatic rings. The number of aromatic nitrogens is 2. The molecule has 6 nitrogen and oxygen atoms in total.